The molecule has 1 saturated heterocycles. The molecule has 0 aliphatic carbocycles. The summed E-state index contributed by atoms with van der Waals surface area (Å²) in [5.41, 5.74) is 2.52. The van der Waals surface area contributed by atoms with Crippen molar-refractivity contribution in [2.75, 3.05) is 25.5 Å². The number of anilines is 1. The molecule has 6 nitrogen and oxygen atoms in total. The molecule has 0 spiro atoms. The van der Waals surface area contributed by atoms with Gasteiger partial charge in [-0.25, -0.2) is 4.79 Å². The van der Waals surface area contributed by atoms with Crippen LogP contribution in [-0.2, 0) is 0 Å². The van der Waals surface area contributed by atoms with Crippen LogP contribution in [0.15, 0.2) is 47.3 Å². The molecule has 0 saturated carbocycles. The third-order valence-electron chi connectivity index (χ3n) is 5.14. The van der Waals surface area contributed by atoms with Crippen molar-refractivity contribution >= 4 is 45.7 Å². The van der Waals surface area contributed by atoms with Gasteiger partial charge in [-0.1, -0.05) is 23.7 Å². The van der Waals surface area contributed by atoms with Crippen molar-refractivity contribution in [3.8, 4) is 5.75 Å². The summed E-state index contributed by atoms with van der Waals surface area (Å²) >= 11 is 11.7. The maximum absolute atomic E-state index is 12.4. The first kappa shape index (κ1) is 18.8. The maximum Gasteiger partial charge on any atom is 0.326 e. The van der Waals surface area contributed by atoms with Crippen molar-refractivity contribution in [1.82, 2.24) is 14.5 Å². The van der Waals surface area contributed by atoms with Gasteiger partial charge in [0, 0.05) is 24.2 Å². The van der Waals surface area contributed by atoms with Gasteiger partial charge < -0.3 is 19.9 Å². The summed E-state index contributed by atoms with van der Waals surface area (Å²) in [5.74, 6) is 0.687. The number of imidazole rings is 1. The number of hydrogen-bond acceptors (Lipinski definition) is 3. The highest BCUT2D eigenvalue weighted by molar-refractivity contribution is 7.80. The Balaban J connectivity index is 1.45. The summed E-state index contributed by atoms with van der Waals surface area (Å²) in [6.45, 7) is 1.54. The van der Waals surface area contributed by atoms with Crippen LogP contribution in [0, 0.1) is 0 Å². The molecule has 3 aromatic rings. The smallest absolute Gasteiger partial charge is 0.326 e. The summed E-state index contributed by atoms with van der Waals surface area (Å²) in [5, 5.41) is 4.48. The van der Waals surface area contributed by atoms with E-state index in [0.717, 1.165) is 42.7 Å². The number of thiocarbonyl (C=S) groups is 1. The second kappa shape index (κ2) is 7.85. The lowest BCUT2D eigenvalue weighted by Crippen LogP contribution is -2.42. The zero-order chi connectivity index (χ0) is 19.7. The first-order chi connectivity index (χ1) is 13.6. The molecule has 2 aromatic carbocycles. The van der Waals surface area contributed by atoms with Crippen molar-refractivity contribution in [1.29, 1.82) is 0 Å². The molecule has 1 aromatic heterocycles. The summed E-state index contributed by atoms with van der Waals surface area (Å²) in [4.78, 5) is 17.5. The third kappa shape index (κ3) is 3.59. The average molecular weight is 417 g/mol. The maximum atomic E-state index is 12.4. The van der Waals surface area contributed by atoms with E-state index in [4.69, 9.17) is 28.6 Å². The van der Waals surface area contributed by atoms with Crippen molar-refractivity contribution in [3.63, 3.8) is 0 Å². The topological polar surface area (TPSA) is 62.3 Å². The van der Waals surface area contributed by atoms with Crippen LogP contribution < -0.4 is 15.7 Å². The van der Waals surface area contributed by atoms with Crippen molar-refractivity contribution < 1.29 is 4.74 Å². The van der Waals surface area contributed by atoms with E-state index in [1.165, 1.54) is 0 Å². The largest absolute Gasteiger partial charge is 0.495 e. The Labute approximate surface area is 173 Å². The number of rotatable bonds is 3. The summed E-state index contributed by atoms with van der Waals surface area (Å²) in [6.07, 6.45) is 1.69. The number of para-hydroxylation sites is 2. The molecule has 28 heavy (non-hydrogen) atoms. The molecule has 0 unspecified atom stereocenters. The Bertz CT molecular complexity index is 1070. The molecule has 2 N–H and O–H groups in total. The molecule has 0 atom stereocenters. The first-order valence-corrected chi connectivity index (χ1v) is 9.94. The van der Waals surface area contributed by atoms with E-state index in [0.29, 0.717) is 15.9 Å². The van der Waals surface area contributed by atoms with Gasteiger partial charge in [-0.2, -0.15) is 0 Å². The number of piperidine rings is 1. The molecule has 2 heterocycles. The molecular formula is C20H21ClN4O2S. The summed E-state index contributed by atoms with van der Waals surface area (Å²) < 4.78 is 7.25. The van der Waals surface area contributed by atoms with Crippen molar-refractivity contribution in [2.45, 2.75) is 18.9 Å². The van der Waals surface area contributed by atoms with Crippen LogP contribution in [0.3, 0.4) is 0 Å². The monoisotopic (exact) mass is 416 g/mol. The minimum Gasteiger partial charge on any atom is -0.495 e. The van der Waals surface area contributed by atoms with E-state index in [9.17, 15) is 4.79 Å². The minimum absolute atomic E-state index is 0.0518. The van der Waals surface area contributed by atoms with E-state index >= 15 is 0 Å². The van der Waals surface area contributed by atoms with Gasteiger partial charge in [0.05, 0.1) is 23.8 Å². The van der Waals surface area contributed by atoms with Gasteiger partial charge in [-0.3, -0.25) is 4.57 Å². The number of likely N-dealkylation sites (tertiary alicyclic amines) is 1. The number of aromatic amines is 1. The number of fused-ring (bicyclic) bond motifs is 1. The van der Waals surface area contributed by atoms with Crippen LogP contribution in [0.4, 0.5) is 5.69 Å². The molecule has 146 valence electrons. The van der Waals surface area contributed by atoms with Crippen LogP contribution >= 0.6 is 23.8 Å². The van der Waals surface area contributed by atoms with Crippen molar-refractivity contribution in [2.24, 2.45) is 0 Å². The number of halogens is 1. The lowest BCUT2D eigenvalue weighted by atomic mass is 10.0. The number of ether oxygens (including phenoxy) is 1. The van der Waals surface area contributed by atoms with Gasteiger partial charge in [0.1, 0.15) is 5.75 Å². The number of hydrogen-bond donors (Lipinski definition) is 2. The van der Waals surface area contributed by atoms with Crippen molar-refractivity contribution in [3.05, 3.63) is 58.0 Å². The number of nitrogens with zero attached hydrogens (tertiary/aromatic N) is 2. The predicted octanol–water partition coefficient (Wildman–Crippen LogP) is 4.03. The van der Waals surface area contributed by atoms with E-state index < -0.39 is 0 Å². The van der Waals surface area contributed by atoms with Gasteiger partial charge in [0.25, 0.3) is 0 Å². The zero-order valence-electron chi connectivity index (χ0n) is 15.4. The number of aromatic nitrogens is 2. The predicted molar refractivity (Wildman–Crippen MR) is 117 cm³/mol. The number of nitrogens with one attached hydrogen (secondary N) is 2. The zero-order valence-corrected chi connectivity index (χ0v) is 17.0. The molecular weight excluding hydrogens is 396 g/mol. The molecule has 1 aliphatic rings. The van der Waals surface area contributed by atoms with E-state index in [-0.39, 0.29) is 11.7 Å². The third-order valence-corrected chi connectivity index (χ3v) is 5.74. The van der Waals surface area contributed by atoms with E-state index in [2.05, 4.69) is 15.2 Å². The van der Waals surface area contributed by atoms with Gasteiger partial charge in [-0.05, 0) is 55.4 Å². The summed E-state index contributed by atoms with van der Waals surface area (Å²) in [6, 6.07) is 13.3. The highest BCUT2D eigenvalue weighted by Crippen LogP contribution is 2.29. The van der Waals surface area contributed by atoms with E-state index in [1.807, 2.05) is 34.9 Å². The van der Waals surface area contributed by atoms with E-state index in [1.54, 1.807) is 19.2 Å². The van der Waals surface area contributed by atoms with Gasteiger partial charge >= 0.3 is 5.69 Å². The Morgan fingerprint density at radius 3 is 2.75 bits per heavy atom. The molecule has 4 rings (SSSR count). The first-order valence-electron chi connectivity index (χ1n) is 9.15. The second-order valence-corrected chi connectivity index (χ2v) is 7.63. The SMILES string of the molecule is COc1ccc(Cl)cc1NC(=S)N1CCC(n2c(=O)[nH]c3ccccc32)CC1. The Hall–Kier alpha value is -2.51. The normalized spacial score (nSPS) is 15.0. The molecule has 0 radical (unpaired) electrons. The fourth-order valence-corrected chi connectivity index (χ4v) is 4.20. The average Bonchev–Trinajstić information content (AvgIpc) is 3.04. The Kier molecular flexibility index (Phi) is 5.28. The van der Waals surface area contributed by atoms with Gasteiger partial charge in [0.2, 0.25) is 0 Å². The fraction of sp³-hybridized carbons (Fsp3) is 0.300. The Morgan fingerprint density at radius 2 is 2.00 bits per heavy atom. The highest BCUT2D eigenvalue weighted by atomic mass is 35.5. The van der Waals surface area contributed by atoms with Gasteiger partial charge in [-0.15, -0.1) is 0 Å². The minimum atomic E-state index is -0.0518. The number of H-pyrrole nitrogens is 1. The summed E-state index contributed by atoms with van der Waals surface area (Å²) in [7, 11) is 1.61. The molecule has 0 bridgehead atoms. The Morgan fingerprint density at radius 1 is 1.25 bits per heavy atom. The lowest BCUT2D eigenvalue weighted by molar-refractivity contribution is 0.269. The second-order valence-electron chi connectivity index (χ2n) is 6.81. The van der Waals surface area contributed by atoms with Crippen LogP contribution in [0.5, 0.6) is 5.75 Å². The number of benzene rings is 2. The fourth-order valence-electron chi connectivity index (χ4n) is 3.74. The van der Waals surface area contributed by atoms with Crippen LogP contribution in [0.1, 0.15) is 18.9 Å². The quantitative estimate of drug-likeness (QED) is 0.631. The molecule has 8 heteroatoms. The number of methoxy groups -OCH3 is 1. The van der Waals surface area contributed by atoms with Gasteiger partial charge in [0.15, 0.2) is 5.11 Å². The van der Waals surface area contributed by atoms with Crippen LogP contribution in [-0.4, -0.2) is 39.8 Å². The molecule has 1 fully saturated rings. The molecule has 0 amide bonds. The standard InChI is InChI=1S/C20H21ClN4O2S/c1-27-18-7-6-13(21)12-16(18)23-20(28)24-10-8-14(9-11-24)25-17-5-3-2-4-15(17)22-19(25)26/h2-7,12,14H,8-11H2,1H3,(H,22,26)(H,23,28). The molecule has 1 aliphatic heterocycles. The lowest BCUT2D eigenvalue weighted by Gasteiger charge is -2.34. The van der Waals surface area contributed by atoms with Crippen LogP contribution in [0.2, 0.25) is 5.02 Å². The highest BCUT2D eigenvalue weighted by Gasteiger charge is 2.25. The van der Waals surface area contributed by atoms with Crippen LogP contribution in [0.25, 0.3) is 11.0 Å².